The van der Waals surface area contributed by atoms with Crippen molar-refractivity contribution < 1.29 is 9.84 Å². The van der Waals surface area contributed by atoms with Crippen LogP contribution in [-0.4, -0.2) is 14.7 Å². The van der Waals surface area contributed by atoms with Crippen molar-refractivity contribution in [3.8, 4) is 17.4 Å². The molecule has 0 amide bonds. The molecule has 0 saturated heterocycles. The Morgan fingerprint density at radius 2 is 1.80 bits per heavy atom. The number of benzene rings is 3. The zero-order valence-electron chi connectivity index (χ0n) is 16.5. The standard InChI is InChI=1S/C25H21N3O2/c1-16-7-9-18(10-8-16)22-20-12-11-19(29)13-21(20)30-25-23(22)24(26)28(15-27-25)14-17-5-3-2-4-6-17/h2-13,15,22,26,29H,14H2,1H3/t22-/m1/s1. The second-order valence-corrected chi connectivity index (χ2v) is 7.59. The van der Waals surface area contributed by atoms with Crippen LogP contribution in [0, 0.1) is 12.3 Å². The summed E-state index contributed by atoms with van der Waals surface area (Å²) < 4.78 is 7.85. The van der Waals surface area contributed by atoms with Crippen molar-refractivity contribution in [2.24, 2.45) is 0 Å². The van der Waals surface area contributed by atoms with Crippen LogP contribution in [0.15, 0.2) is 79.1 Å². The Bertz CT molecular complexity index is 1280. The fourth-order valence-electron chi connectivity index (χ4n) is 3.96. The lowest BCUT2D eigenvalue weighted by Crippen LogP contribution is -2.30. The predicted octanol–water partition coefficient (Wildman–Crippen LogP) is 4.71. The predicted molar refractivity (Wildman–Crippen MR) is 114 cm³/mol. The van der Waals surface area contributed by atoms with E-state index in [1.807, 2.05) is 41.0 Å². The second kappa shape index (κ2) is 7.19. The Labute approximate surface area is 174 Å². The first kappa shape index (κ1) is 18.2. The number of hydrogen-bond acceptors (Lipinski definition) is 4. The minimum absolute atomic E-state index is 0.140. The van der Waals surface area contributed by atoms with E-state index in [9.17, 15) is 5.11 Å². The van der Waals surface area contributed by atoms with Crippen molar-refractivity contribution >= 4 is 0 Å². The molecule has 5 heteroatoms. The number of aromatic nitrogens is 2. The van der Waals surface area contributed by atoms with E-state index < -0.39 is 0 Å². The Morgan fingerprint density at radius 3 is 2.57 bits per heavy atom. The van der Waals surface area contributed by atoms with Gasteiger partial charge in [-0.05, 0) is 24.1 Å². The van der Waals surface area contributed by atoms with Crippen LogP contribution in [0.2, 0.25) is 0 Å². The summed E-state index contributed by atoms with van der Waals surface area (Å²) >= 11 is 0. The van der Waals surface area contributed by atoms with Crippen LogP contribution >= 0.6 is 0 Å². The minimum atomic E-state index is -0.201. The van der Waals surface area contributed by atoms with Crippen LogP contribution in [0.5, 0.6) is 17.4 Å². The third-order valence-electron chi connectivity index (χ3n) is 5.50. The molecule has 5 nitrogen and oxygen atoms in total. The molecule has 2 N–H and O–H groups in total. The highest BCUT2D eigenvalue weighted by Gasteiger charge is 2.32. The van der Waals surface area contributed by atoms with Crippen LogP contribution in [0.4, 0.5) is 0 Å². The average Bonchev–Trinajstić information content (AvgIpc) is 2.76. The van der Waals surface area contributed by atoms with E-state index in [1.165, 1.54) is 5.56 Å². The fraction of sp³-hybridized carbons (Fsp3) is 0.120. The van der Waals surface area contributed by atoms with Crippen molar-refractivity contribution in [3.63, 3.8) is 0 Å². The van der Waals surface area contributed by atoms with Crippen molar-refractivity contribution in [3.05, 3.63) is 112 Å². The molecule has 0 bridgehead atoms. The Morgan fingerprint density at radius 1 is 1.03 bits per heavy atom. The highest BCUT2D eigenvalue weighted by atomic mass is 16.5. The number of phenols is 1. The average molecular weight is 395 g/mol. The number of phenolic OH excluding ortho intramolecular Hbond substituents is 1. The van der Waals surface area contributed by atoms with Gasteiger partial charge in [-0.3, -0.25) is 5.41 Å². The molecule has 0 spiro atoms. The molecule has 1 atom stereocenters. The lowest BCUT2D eigenvalue weighted by Gasteiger charge is -2.28. The number of aromatic hydroxyl groups is 1. The molecular formula is C25H21N3O2. The molecule has 0 saturated carbocycles. The van der Waals surface area contributed by atoms with Gasteiger partial charge in [-0.1, -0.05) is 66.2 Å². The fourth-order valence-corrected chi connectivity index (χ4v) is 3.96. The van der Waals surface area contributed by atoms with Gasteiger partial charge in [0, 0.05) is 17.5 Å². The molecule has 0 aliphatic carbocycles. The Hall–Kier alpha value is -3.86. The highest BCUT2D eigenvalue weighted by molar-refractivity contribution is 5.57. The normalized spacial score (nSPS) is 14.5. The topological polar surface area (TPSA) is 71.1 Å². The van der Waals surface area contributed by atoms with Gasteiger partial charge in [0.25, 0.3) is 0 Å². The number of ether oxygens (including phenoxy) is 1. The molecule has 0 unspecified atom stereocenters. The first-order valence-corrected chi connectivity index (χ1v) is 9.85. The van der Waals surface area contributed by atoms with Crippen LogP contribution in [0.25, 0.3) is 0 Å². The van der Waals surface area contributed by atoms with E-state index in [2.05, 4.69) is 36.2 Å². The molecule has 5 rings (SSSR count). The summed E-state index contributed by atoms with van der Waals surface area (Å²) in [6.45, 7) is 2.61. The Balaban J connectivity index is 1.69. The smallest absolute Gasteiger partial charge is 0.228 e. The molecular weight excluding hydrogens is 374 g/mol. The van der Waals surface area contributed by atoms with Gasteiger partial charge in [-0.2, -0.15) is 0 Å². The third-order valence-corrected chi connectivity index (χ3v) is 5.50. The number of fused-ring (bicyclic) bond motifs is 2. The molecule has 2 heterocycles. The molecule has 1 aliphatic heterocycles. The Kier molecular flexibility index (Phi) is 4.36. The summed E-state index contributed by atoms with van der Waals surface area (Å²) in [7, 11) is 0. The summed E-state index contributed by atoms with van der Waals surface area (Å²) in [6, 6.07) is 23.5. The zero-order valence-corrected chi connectivity index (χ0v) is 16.5. The van der Waals surface area contributed by atoms with Gasteiger partial charge in [0.15, 0.2) is 0 Å². The summed E-state index contributed by atoms with van der Waals surface area (Å²) in [4.78, 5) is 4.54. The van der Waals surface area contributed by atoms with E-state index in [4.69, 9.17) is 10.1 Å². The van der Waals surface area contributed by atoms with Crippen LogP contribution in [0.3, 0.4) is 0 Å². The maximum atomic E-state index is 9.95. The minimum Gasteiger partial charge on any atom is -0.508 e. The second-order valence-electron chi connectivity index (χ2n) is 7.59. The van der Waals surface area contributed by atoms with E-state index >= 15 is 0 Å². The quantitative estimate of drug-likeness (QED) is 0.465. The van der Waals surface area contributed by atoms with Gasteiger partial charge in [0.05, 0.1) is 12.1 Å². The van der Waals surface area contributed by atoms with Gasteiger partial charge < -0.3 is 14.4 Å². The number of rotatable bonds is 3. The number of aryl methyl sites for hydroxylation is 1. The van der Waals surface area contributed by atoms with Gasteiger partial charge >= 0.3 is 0 Å². The van der Waals surface area contributed by atoms with E-state index in [0.717, 1.165) is 22.3 Å². The number of hydrogen-bond donors (Lipinski definition) is 2. The van der Waals surface area contributed by atoms with Crippen LogP contribution in [0.1, 0.15) is 33.7 Å². The monoisotopic (exact) mass is 395 g/mol. The van der Waals surface area contributed by atoms with Gasteiger partial charge in [0.1, 0.15) is 23.3 Å². The first-order chi connectivity index (χ1) is 14.6. The molecule has 148 valence electrons. The van der Waals surface area contributed by atoms with E-state index in [0.29, 0.717) is 23.7 Å². The van der Waals surface area contributed by atoms with Gasteiger partial charge in [-0.25, -0.2) is 4.98 Å². The summed E-state index contributed by atoms with van der Waals surface area (Å²) in [5, 5.41) is 18.9. The molecule has 4 aromatic rings. The number of nitrogens with one attached hydrogen (secondary N) is 1. The summed E-state index contributed by atoms with van der Waals surface area (Å²) in [5.41, 5.74) is 5.35. The molecule has 1 aromatic heterocycles. The molecule has 0 fully saturated rings. The summed E-state index contributed by atoms with van der Waals surface area (Å²) in [6.07, 6.45) is 1.65. The van der Waals surface area contributed by atoms with E-state index in [1.54, 1.807) is 18.5 Å². The highest BCUT2D eigenvalue weighted by Crippen LogP contribution is 2.45. The van der Waals surface area contributed by atoms with Gasteiger partial charge in [0.2, 0.25) is 5.88 Å². The zero-order chi connectivity index (χ0) is 20.7. The first-order valence-electron chi connectivity index (χ1n) is 9.85. The lowest BCUT2D eigenvalue weighted by atomic mass is 9.83. The van der Waals surface area contributed by atoms with E-state index in [-0.39, 0.29) is 11.7 Å². The molecule has 0 radical (unpaired) electrons. The molecule has 30 heavy (non-hydrogen) atoms. The maximum Gasteiger partial charge on any atom is 0.228 e. The van der Waals surface area contributed by atoms with Crippen molar-refractivity contribution in [1.82, 2.24) is 9.55 Å². The largest absolute Gasteiger partial charge is 0.508 e. The molecule has 3 aromatic carbocycles. The third kappa shape index (κ3) is 3.14. The maximum absolute atomic E-state index is 9.95. The number of nitrogens with zero attached hydrogens (tertiary/aromatic N) is 2. The van der Waals surface area contributed by atoms with Crippen molar-refractivity contribution in [1.29, 1.82) is 5.41 Å². The van der Waals surface area contributed by atoms with Crippen molar-refractivity contribution in [2.45, 2.75) is 19.4 Å². The van der Waals surface area contributed by atoms with Crippen molar-refractivity contribution in [2.75, 3.05) is 0 Å². The summed E-state index contributed by atoms with van der Waals surface area (Å²) in [5.74, 6) is 0.919. The van der Waals surface area contributed by atoms with Crippen LogP contribution < -0.4 is 10.2 Å². The van der Waals surface area contributed by atoms with Gasteiger partial charge in [-0.15, -0.1) is 0 Å². The lowest BCUT2D eigenvalue weighted by molar-refractivity contribution is 0.415. The molecule has 1 aliphatic rings. The van der Waals surface area contributed by atoms with Crippen LogP contribution in [-0.2, 0) is 6.54 Å². The SMILES string of the molecule is Cc1ccc([C@@H]2c3ccc(O)cc3Oc3ncn(Cc4ccccc4)c(=N)c32)cc1.